The second-order valence-corrected chi connectivity index (χ2v) is 5.52. The summed E-state index contributed by atoms with van der Waals surface area (Å²) in [5, 5.41) is 3.41. The molecule has 2 atom stereocenters. The van der Waals surface area contributed by atoms with E-state index in [0.29, 0.717) is 5.91 Å². The van der Waals surface area contributed by atoms with Gasteiger partial charge < -0.3 is 10.2 Å². The summed E-state index contributed by atoms with van der Waals surface area (Å²) in [5.41, 5.74) is 0.0755. The molecule has 2 aliphatic heterocycles. The molecule has 0 unspecified atom stereocenters. The number of nitrogens with zero attached hydrogens (tertiary/aromatic N) is 1. The topological polar surface area (TPSA) is 32.3 Å². The Bertz CT molecular complexity index is 273. The Morgan fingerprint density at radius 1 is 1.33 bits per heavy atom. The molecule has 1 aliphatic carbocycles. The zero-order valence-electron chi connectivity index (χ0n) is 9.46. The van der Waals surface area contributed by atoms with E-state index in [4.69, 9.17) is 0 Å². The fourth-order valence-corrected chi connectivity index (χ4v) is 3.23. The first-order chi connectivity index (χ1) is 7.25. The minimum absolute atomic E-state index is 0.0755. The van der Waals surface area contributed by atoms with Crippen molar-refractivity contribution in [3.8, 4) is 0 Å². The smallest absolute Gasteiger partial charge is 0.228 e. The number of carbonyl (C=O) groups excluding carboxylic acids is 1. The highest BCUT2D eigenvalue weighted by molar-refractivity contribution is 5.85. The number of fused-ring (bicyclic) bond motifs is 1. The van der Waals surface area contributed by atoms with Crippen molar-refractivity contribution in [3.05, 3.63) is 0 Å². The highest BCUT2D eigenvalue weighted by atomic mass is 16.2. The van der Waals surface area contributed by atoms with Crippen LogP contribution in [-0.4, -0.2) is 37.0 Å². The van der Waals surface area contributed by atoms with E-state index in [2.05, 4.69) is 17.1 Å². The third kappa shape index (κ3) is 1.40. The summed E-state index contributed by atoms with van der Waals surface area (Å²) in [6.07, 6.45) is 3.30. The van der Waals surface area contributed by atoms with Crippen LogP contribution in [0.15, 0.2) is 0 Å². The quantitative estimate of drug-likeness (QED) is 0.730. The third-order valence-electron chi connectivity index (χ3n) is 4.66. The Morgan fingerprint density at radius 2 is 1.93 bits per heavy atom. The molecule has 0 radical (unpaired) electrons. The van der Waals surface area contributed by atoms with E-state index in [1.165, 1.54) is 0 Å². The molecule has 2 saturated heterocycles. The van der Waals surface area contributed by atoms with Gasteiger partial charge in [-0.15, -0.1) is 0 Å². The average Bonchev–Trinajstić information content (AvgIpc) is 2.74. The van der Waals surface area contributed by atoms with Crippen molar-refractivity contribution in [2.24, 2.45) is 17.3 Å². The van der Waals surface area contributed by atoms with Crippen LogP contribution < -0.4 is 5.32 Å². The highest BCUT2D eigenvalue weighted by Gasteiger charge is 2.52. The summed E-state index contributed by atoms with van der Waals surface area (Å²) < 4.78 is 0. The number of nitrogens with one attached hydrogen (secondary N) is 1. The van der Waals surface area contributed by atoms with Crippen molar-refractivity contribution >= 4 is 5.91 Å². The largest absolute Gasteiger partial charge is 0.342 e. The molecule has 1 saturated carbocycles. The van der Waals surface area contributed by atoms with Crippen LogP contribution in [-0.2, 0) is 4.79 Å². The van der Waals surface area contributed by atoms with Crippen LogP contribution >= 0.6 is 0 Å². The van der Waals surface area contributed by atoms with Gasteiger partial charge in [0.25, 0.3) is 0 Å². The van der Waals surface area contributed by atoms with Crippen molar-refractivity contribution in [1.82, 2.24) is 10.2 Å². The molecule has 3 fully saturated rings. The molecule has 3 nitrogen and oxygen atoms in total. The van der Waals surface area contributed by atoms with Gasteiger partial charge in [0.15, 0.2) is 0 Å². The van der Waals surface area contributed by atoms with Gasteiger partial charge in [0.05, 0.1) is 0 Å². The first-order valence-corrected chi connectivity index (χ1v) is 6.25. The van der Waals surface area contributed by atoms with Crippen molar-refractivity contribution in [3.63, 3.8) is 0 Å². The molecule has 0 aromatic rings. The summed E-state index contributed by atoms with van der Waals surface area (Å²) in [4.78, 5) is 14.4. The summed E-state index contributed by atoms with van der Waals surface area (Å²) in [6, 6.07) is 0. The Labute approximate surface area is 91.2 Å². The van der Waals surface area contributed by atoms with E-state index in [9.17, 15) is 4.79 Å². The van der Waals surface area contributed by atoms with Crippen LogP contribution in [0.2, 0.25) is 0 Å². The standard InChI is InChI=1S/C12H20N2O/c1-2-12(3-4-12)11(15)14-7-9-5-13-6-10(9)8-14/h9-10,13H,2-8H2,1H3/t9-,10+. The minimum Gasteiger partial charge on any atom is -0.342 e. The van der Waals surface area contributed by atoms with E-state index in [-0.39, 0.29) is 5.41 Å². The summed E-state index contributed by atoms with van der Waals surface area (Å²) in [5.74, 6) is 1.93. The lowest BCUT2D eigenvalue weighted by Crippen LogP contribution is -2.37. The molecule has 3 heteroatoms. The molecule has 15 heavy (non-hydrogen) atoms. The predicted molar refractivity (Wildman–Crippen MR) is 58.4 cm³/mol. The van der Waals surface area contributed by atoms with Gasteiger partial charge in [-0.3, -0.25) is 4.79 Å². The summed E-state index contributed by atoms with van der Waals surface area (Å²) >= 11 is 0. The average molecular weight is 208 g/mol. The van der Waals surface area contributed by atoms with Crippen LogP contribution in [0.1, 0.15) is 26.2 Å². The Kier molecular flexibility index (Phi) is 2.06. The number of carbonyl (C=O) groups is 1. The van der Waals surface area contributed by atoms with Crippen LogP contribution in [0.3, 0.4) is 0 Å². The van der Waals surface area contributed by atoms with Gasteiger partial charge in [-0.2, -0.15) is 0 Å². The number of hydrogen-bond acceptors (Lipinski definition) is 2. The molecular formula is C12H20N2O. The number of rotatable bonds is 2. The molecule has 0 aromatic heterocycles. The number of likely N-dealkylation sites (tertiary alicyclic amines) is 1. The lowest BCUT2D eigenvalue weighted by molar-refractivity contribution is -0.136. The SMILES string of the molecule is CCC1(C(=O)N2C[C@H]3CNC[C@H]3C2)CC1. The van der Waals surface area contributed by atoms with Crippen LogP contribution in [0, 0.1) is 17.3 Å². The minimum atomic E-state index is 0.0755. The summed E-state index contributed by atoms with van der Waals surface area (Å²) in [7, 11) is 0. The van der Waals surface area contributed by atoms with E-state index < -0.39 is 0 Å². The molecule has 2 heterocycles. The van der Waals surface area contributed by atoms with E-state index in [1.807, 2.05) is 0 Å². The first kappa shape index (κ1) is 9.64. The Balaban J connectivity index is 1.67. The van der Waals surface area contributed by atoms with Gasteiger partial charge in [0.1, 0.15) is 0 Å². The van der Waals surface area contributed by atoms with E-state index in [1.54, 1.807) is 0 Å². The number of hydrogen-bond donors (Lipinski definition) is 1. The molecule has 0 spiro atoms. The Morgan fingerprint density at radius 3 is 2.40 bits per heavy atom. The molecule has 3 aliphatic rings. The van der Waals surface area contributed by atoms with Gasteiger partial charge >= 0.3 is 0 Å². The predicted octanol–water partition coefficient (Wildman–Crippen LogP) is 0.854. The van der Waals surface area contributed by atoms with Crippen LogP contribution in [0.4, 0.5) is 0 Å². The molecular weight excluding hydrogens is 188 g/mol. The second kappa shape index (κ2) is 3.21. The van der Waals surface area contributed by atoms with Crippen molar-refractivity contribution < 1.29 is 4.79 Å². The molecule has 0 aromatic carbocycles. The monoisotopic (exact) mass is 208 g/mol. The maximum Gasteiger partial charge on any atom is 0.228 e. The van der Waals surface area contributed by atoms with Crippen molar-refractivity contribution in [1.29, 1.82) is 0 Å². The lowest BCUT2D eigenvalue weighted by Gasteiger charge is -2.23. The van der Waals surface area contributed by atoms with E-state index >= 15 is 0 Å². The van der Waals surface area contributed by atoms with Gasteiger partial charge in [0, 0.05) is 31.6 Å². The highest BCUT2D eigenvalue weighted by Crippen LogP contribution is 2.50. The van der Waals surface area contributed by atoms with Gasteiger partial charge in [-0.05, 0) is 31.1 Å². The van der Waals surface area contributed by atoms with Crippen molar-refractivity contribution in [2.75, 3.05) is 26.2 Å². The molecule has 1 amide bonds. The zero-order valence-corrected chi connectivity index (χ0v) is 9.46. The van der Waals surface area contributed by atoms with Gasteiger partial charge in [-0.1, -0.05) is 6.92 Å². The fraction of sp³-hybridized carbons (Fsp3) is 0.917. The zero-order chi connectivity index (χ0) is 10.5. The van der Waals surface area contributed by atoms with E-state index in [0.717, 1.165) is 57.3 Å². The maximum absolute atomic E-state index is 12.3. The van der Waals surface area contributed by atoms with Gasteiger partial charge in [0.2, 0.25) is 5.91 Å². The molecule has 84 valence electrons. The third-order valence-corrected chi connectivity index (χ3v) is 4.66. The van der Waals surface area contributed by atoms with Crippen LogP contribution in [0.25, 0.3) is 0 Å². The molecule has 0 bridgehead atoms. The normalized spacial score (nSPS) is 36.7. The molecule has 1 N–H and O–H groups in total. The lowest BCUT2D eigenvalue weighted by atomic mass is 10.0. The second-order valence-electron chi connectivity index (χ2n) is 5.52. The van der Waals surface area contributed by atoms with Gasteiger partial charge in [-0.25, -0.2) is 0 Å². The Hall–Kier alpha value is -0.570. The fourth-order valence-electron chi connectivity index (χ4n) is 3.23. The summed E-state index contributed by atoms with van der Waals surface area (Å²) in [6.45, 7) is 6.42. The van der Waals surface area contributed by atoms with Crippen molar-refractivity contribution in [2.45, 2.75) is 26.2 Å². The van der Waals surface area contributed by atoms with Crippen LogP contribution in [0.5, 0.6) is 0 Å². The number of amides is 1. The molecule has 3 rings (SSSR count). The first-order valence-electron chi connectivity index (χ1n) is 6.25. The maximum atomic E-state index is 12.3.